The quantitative estimate of drug-likeness (QED) is 0.710. The van der Waals surface area contributed by atoms with Crippen LogP contribution in [0, 0.1) is 0 Å². The van der Waals surface area contributed by atoms with E-state index in [0.29, 0.717) is 12.8 Å². The van der Waals surface area contributed by atoms with Crippen molar-refractivity contribution < 1.29 is 4.74 Å². The molecule has 0 aliphatic carbocycles. The molecule has 4 heterocycles. The molecular weight excluding hydrogens is 244 g/mol. The molecule has 1 aromatic rings. The summed E-state index contributed by atoms with van der Waals surface area (Å²) >= 11 is 1.82. The van der Waals surface area contributed by atoms with E-state index in [9.17, 15) is 0 Å². The lowest BCUT2D eigenvalue weighted by atomic mass is 10.1. The first kappa shape index (κ1) is 10.3. The highest BCUT2D eigenvalue weighted by atomic mass is 32.1. The highest BCUT2D eigenvalue weighted by Gasteiger charge is 2.33. The van der Waals surface area contributed by atoms with Crippen molar-refractivity contribution in [2.75, 3.05) is 18.2 Å². The summed E-state index contributed by atoms with van der Waals surface area (Å²) in [5.41, 5.74) is 3.96. The summed E-state index contributed by atoms with van der Waals surface area (Å²) < 4.78 is 5.48. The number of rotatable bonds is 0. The van der Waals surface area contributed by atoms with Gasteiger partial charge in [0.1, 0.15) is 5.00 Å². The van der Waals surface area contributed by atoms with Crippen LogP contribution in [0.15, 0.2) is 47.3 Å². The van der Waals surface area contributed by atoms with E-state index < -0.39 is 0 Å². The molecule has 0 saturated carbocycles. The monoisotopic (exact) mass is 258 g/mol. The number of hydrogen-bond donors (Lipinski definition) is 0. The third kappa shape index (κ3) is 1.24. The zero-order valence-electron chi connectivity index (χ0n) is 10.2. The van der Waals surface area contributed by atoms with Crippen molar-refractivity contribution in [2.24, 2.45) is 0 Å². The molecule has 18 heavy (non-hydrogen) atoms. The molecule has 0 aromatic carbocycles. The van der Waals surface area contributed by atoms with Gasteiger partial charge in [-0.3, -0.25) is 0 Å². The van der Waals surface area contributed by atoms with Crippen LogP contribution in [-0.4, -0.2) is 18.2 Å². The molecule has 0 N–H and O–H groups in total. The SMILES string of the molecule is CC1c2ccsc2N2CC=CC2=C2C=COCN21. The Morgan fingerprint density at radius 1 is 1.33 bits per heavy atom. The van der Waals surface area contributed by atoms with Crippen LogP contribution in [0.5, 0.6) is 0 Å². The maximum Gasteiger partial charge on any atom is 0.161 e. The topological polar surface area (TPSA) is 15.7 Å². The lowest BCUT2D eigenvalue weighted by Crippen LogP contribution is -2.30. The summed E-state index contributed by atoms with van der Waals surface area (Å²) in [7, 11) is 0. The Morgan fingerprint density at radius 3 is 3.22 bits per heavy atom. The summed E-state index contributed by atoms with van der Waals surface area (Å²) in [5.74, 6) is 0. The number of anilines is 1. The fourth-order valence-corrected chi connectivity index (χ4v) is 3.86. The molecule has 1 aromatic heterocycles. The van der Waals surface area contributed by atoms with E-state index in [1.54, 1.807) is 6.26 Å². The van der Waals surface area contributed by atoms with Gasteiger partial charge >= 0.3 is 0 Å². The minimum absolute atomic E-state index is 0.359. The molecule has 0 fully saturated rings. The van der Waals surface area contributed by atoms with Crippen molar-refractivity contribution in [2.45, 2.75) is 13.0 Å². The molecule has 1 unspecified atom stereocenters. The molecular formula is C14H14N2OS. The van der Waals surface area contributed by atoms with Crippen molar-refractivity contribution in [1.29, 1.82) is 0 Å². The summed E-state index contributed by atoms with van der Waals surface area (Å²) in [6.45, 7) is 3.86. The molecule has 4 rings (SSSR count). The van der Waals surface area contributed by atoms with Gasteiger partial charge in [-0.25, -0.2) is 0 Å². The van der Waals surface area contributed by atoms with E-state index in [4.69, 9.17) is 4.74 Å². The fourth-order valence-electron chi connectivity index (χ4n) is 2.84. The third-order valence-corrected chi connectivity index (χ3v) is 4.75. The number of thiophene rings is 1. The van der Waals surface area contributed by atoms with Crippen molar-refractivity contribution in [3.8, 4) is 0 Å². The van der Waals surface area contributed by atoms with Gasteiger partial charge in [-0.2, -0.15) is 0 Å². The molecule has 0 bridgehead atoms. The number of hydrogen-bond acceptors (Lipinski definition) is 4. The van der Waals surface area contributed by atoms with Gasteiger partial charge in [0.15, 0.2) is 6.73 Å². The second kappa shape index (κ2) is 3.65. The second-order valence-electron chi connectivity index (χ2n) is 4.71. The fraction of sp³-hybridized carbons (Fsp3) is 0.286. The van der Waals surface area contributed by atoms with Crippen LogP contribution in [0.4, 0.5) is 5.00 Å². The van der Waals surface area contributed by atoms with Gasteiger partial charge in [0, 0.05) is 12.1 Å². The molecule has 0 radical (unpaired) electrons. The molecule has 4 heteroatoms. The Hall–Kier alpha value is -1.68. The minimum atomic E-state index is 0.359. The van der Waals surface area contributed by atoms with Crippen molar-refractivity contribution >= 4 is 16.3 Å². The van der Waals surface area contributed by atoms with Crippen LogP contribution in [-0.2, 0) is 4.74 Å². The smallest absolute Gasteiger partial charge is 0.161 e. The number of nitrogens with zero attached hydrogens (tertiary/aromatic N) is 2. The normalized spacial score (nSPS) is 24.6. The second-order valence-corrected chi connectivity index (χ2v) is 5.60. The van der Waals surface area contributed by atoms with Crippen LogP contribution in [0.1, 0.15) is 18.5 Å². The Bertz CT molecular complexity index is 584. The molecule has 0 amide bonds. The molecule has 3 nitrogen and oxygen atoms in total. The summed E-state index contributed by atoms with van der Waals surface area (Å²) in [5, 5.41) is 3.56. The lowest BCUT2D eigenvalue weighted by Gasteiger charge is -2.32. The maximum absolute atomic E-state index is 5.48. The van der Waals surface area contributed by atoms with Gasteiger partial charge in [-0.15, -0.1) is 11.3 Å². The largest absolute Gasteiger partial charge is 0.481 e. The summed E-state index contributed by atoms with van der Waals surface area (Å²) in [4.78, 5) is 4.73. The Morgan fingerprint density at radius 2 is 2.28 bits per heavy atom. The number of ether oxygens (including phenoxy) is 1. The molecule has 3 aliphatic rings. The zero-order valence-corrected chi connectivity index (χ0v) is 11.0. The number of allylic oxidation sites excluding steroid dienone is 2. The molecule has 92 valence electrons. The van der Waals surface area contributed by atoms with Crippen LogP contribution in [0.25, 0.3) is 0 Å². The highest BCUT2D eigenvalue weighted by molar-refractivity contribution is 7.14. The van der Waals surface area contributed by atoms with Crippen molar-refractivity contribution in [1.82, 2.24) is 4.90 Å². The molecule has 0 spiro atoms. The van der Waals surface area contributed by atoms with E-state index in [1.807, 2.05) is 11.3 Å². The molecule has 3 aliphatic heterocycles. The standard InChI is InChI=1S/C14H14N2OS/c1-10-11-5-8-18-14(11)15-6-2-3-12(15)13-4-7-17-9-16(10)13/h2-5,7-8,10H,6,9H2,1H3. The summed E-state index contributed by atoms with van der Waals surface area (Å²) in [6.07, 6.45) is 8.33. The first-order valence-electron chi connectivity index (χ1n) is 6.17. The predicted octanol–water partition coefficient (Wildman–Crippen LogP) is 3.21. The Balaban J connectivity index is 1.97. The highest BCUT2D eigenvalue weighted by Crippen LogP contribution is 2.44. The minimum Gasteiger partial charge on any atom is -0.481 e. The van der Waals surface area contributed by atoms with Gasteiger partial charge in [-0.1, -0.05) is 6.08 Å². The van der Waals surface area contributed by atoms with Gasteiger partial charge < -0.3 is 14.5 Å². The average Bonchev–Trinajstić information content (AvgIpc) is 3.04. The van der Waals surface area contributed by atoms with E-state index >= 15 is 0 Å². The van der Waals surface area contributed by atoms with Crippen LogP contribution < -0.4 is 4.90 Å². The Kier molecular flexibility index (Phi) is 2.08. The first-order chi connectivity index (χ1) is 8.86. The van der Waals surface area contributed by atoms with E-state index in [-0.39, 0.29) is 0 Å². The first-order valence-corrected chi connectivity index (χ1v) is 7.05. The van der Waals surface area contributed by atoms with Gasteiger partial charge in [0.25, 0.3) is 0 Å². The number of fused-ring (bicyclic) bond motifs is 4. The summed E-state index contributed by atoms with van der Waals surface area (Å²) in [6, 6.07) is 2.60. The maximum atomic E-state index is 5.48. The average molecular weight is 258 g/mol. The zero-order chi connectivity index (χ0) is 12.1. The molecule has 0 saturated heterocycles. The van der Waals surface area contributed by atoms with E-state index in [0.717, 1.165) is 6.54 Å². The third-order valence-electron chi connectivity index (χ3n) is 3.80. The van der Waals surface area contributed by atoms with Crippen molar-refractivity contribution in [3.05, 3.63) is 52.9 Å². The lowest BCUT2D eigenvalue weighted by molar-refractivity contribution is 0.0807. The Labute approximate surface area is 110 Å². The van der Waals surface area contributed by atoms with Crippen molar-refractivity contribution in [3.63, 3.8) is 0 Å². The van der Waals surface area contributed by atoms with Crippen LogP contribution in [0.3, 0.4) is 0 Å². The van der Waals surface area contributed by atoms with E-state index in [1.165, 1.54) is 22.0 Å². The van der Waals surface area contributed by atoms with Crippen LogP contribution >= 0.6 is 11.3 Å². The van der Waals surface area contributed by atoms with Gasteiger partial charge in [0.05, 0.1) is 23.7 Å². The molecule has 1 atom stereocenters. The predicted molar refractivity (Wildman–Crippen MR) is 73.2 cm³/mol. The van der Waals surface area contributed by atoms with E-state index in [2.05, 4.69) is 46.4 Å². The van der Waals surface area contributed by atoms with Gasteiger partial charge in [0.2, 0.25) is 0 Å². The van der Waals surface area contributed by atoms with Gasteiger partial charge in [-0.05, 0) is 30.5 Å². The van der Waals surface area contributed by atoms with Crippen LogP contribution in [0.2, 0.25) is 0 Å².